The van der Waals surface area contributed by atoms with Gasteiger partial charge in [-0.05, 0) is 80.9 Å². The summed E-state index contributed by atoms with van der Waals surface area (Å²) in [7, 11) is 0. The predicted octanol–water partition coefficient (Wildman–Crippen LogP) is 4.80. The number of hydrogen-bond donors (Lipinski definition) is 0. The molecule has 0 amide bonds. The SMILES string of the molecule is CC(=O)c1ccc(C2CCC(C(C)=O)CC2)c2c1CCC2C. The van der Waals surface area contributed by atoms with Gasteiger partial charge in [0.05, 0.1) is 0 Å². The Morgan fingerprint density at radius 3 is 2.27 bits per heavy atom. The van der Waals surface area contributed by atoms with Gasteiger partial charge < -0.3 is 0 Å². The molecule has 0 radical (unpaired) electrons. The molecule has 1 aromatic carbocycles. The lowest BCUT2D eigenvalue weighted by atomic mass is 9.75. The molecule has 1 unspecified atom stereocenters. The minimum absolute atomic E-state index is 0.192. The van der Waals surface area contributed by atoms with E-state index in [1.807, 2.05) is 6.07 Å². The average Bonchev–Trinajstić information content (AvgIpc) is 2.89. The van der Waals surface area contributed by atoms with E-state index < -0.39 is 0 Å². The van der Waals surface area contributed by atoms with Crippen LogP contribution in [0, 0.1) is 5.92 Å². The average molecular weight is 298 g/mol. The molecule has 0 aromatic heterocycles. The second-order valence-electron chi connectivity index (χ2n) is 7.25. The second-order valence-corrected chi connectivity index (χ2v) is 7.25. The summed E-state index contributed by atoms with van der Waals surface area (Å²) in [6.07, 6.45) is 6.48. The largest absolute Gasteiger partial charge is 0.300 e. The molecule has 0 saturated heterocycles. The van der Waals surface area contributed by atoms with Gasteiger partial charge in [0.2, 0.25) is 0 Å². The summed E-state index contributed by atoms with van der Waals surface area (Å²) in [5, 5.41) is 0. The van der Waals surface area contributed by atoms with Gasteiger partial charge >= 0.3 is 0 Å². The van der Waals surface area contributed by atoms with E-state index in [2.05, 4.69) is 13.0 Å². The van der Waals surface area contributed by atoms with Crippen LogP contribution in [0.2, 0.25) is 0 Å². The fourth-order valence-corrected chi connectivity index (χ4v) is 4.54. The number of carbonyl (C=O) groups is 2. The first-order valence-electron chi connectivity index (χ1n) is 8.66. The summed E-state index contributed by atoms with van der Waals surface area (Å²) in [5.74, 6) is 1.96. The molecule has 1 fully saturated rings. The van der Waals surface area contributed by atoms with Crippen LogP contribution >= 0.6 is 0 Å². The molecule has 1 saturated carbocycles. The topological polar surface area (TPSA) is 34.1 Å². The van der Waals surface area contributed by atoms with Gasteiger partial charge in [-0.15, -0.1) is 0 Å². The van der Waals surface area contributed by atoms with Crippen LogP contribution in [0.25, 0.3) is 0 Å². The van der Waals surface area contributed by atoms with E-state index in [0.29, 0.717) is 17.6 Å². The molecule has 3 rings (SSSR count). The standard InChI is InChI=1S/C20H26O2/c1-12-4-9-19-17(14(3)22)10-11-18(20(12)19)16-7-5-15(6-8-16)13(2)21/h10-12,15-16H,4-9H2,1-3H3. The van der Waals surface area contributed by atoms with E-state index in [1.165, 1.54) is 16.7 Å². The Bertz CT molecular complexity index is 606. The maximum absolute atomic E-state index is 11.9. The van der Waals surface area contributed by atoms with Gasteiger partial charge in [0, 0.05) is 11.5 Å². The van der Waals surface area contributed by atoms with Crippen LogP contribution in [0.4, 0.5) is 0 Å². The molecule has 22 heavy (non-hydrogen) atoms. The monoisotopic (exact) mass is 298 g/mol. The maximum Gasteiger partial charge on any atom is 0.160 e. The molecule has 0 bridgehead atoms. The van der Waals surface area contributed by atoms with Crippen molar-refractivity contribution < 1.29 is 9.59 Å². The zero-order valence-corrected chi connectivity index (χ0v) is 13.9. The Morgan fingerprint density at radius 1 is 1.00 bits per heavy atom. The lowest BCUT2D eigenvalue weighted by Crippen LogP contribution is -2.20. The highest BCUT2D eigenvalue weighted by atomic mass is 16.1. The van der Waals surface area contributed by atoms with Crippen molar-refractivity contribution in [3.8, 4) is 0 Å². The van der Waals surface area contributed by atoms with Crippen LogP contribution in [0.5, 0.6) is 0 Å². The summed E-state index contributed by atoms with van der Waals surface area (Å²) < 4.78 is 0. The molecule has 0 aliphatic heterocycles. The Labute approximate surface area is 133 Å². The second kappa shape index (κ2) is 5.98. The number of hydrogen-bond acceptors (Lipinski definition) is 2. The highest BCUT2D eigenvalue weighted by Crippen LogP contribution is 2.44. The molecule has 118 valence electrons. The van der Waals surface area contributed by atoms with Gasteiger partial charge in [-0.1, -0.05) is 19.1 Å². The maximum atomic E-state index is 11.9. The van der Waals surface area contributed by atoms with Crippen molar-refractivity contribution >= 4 is 11.6 Å². The Kier molecular flexibility index (Phi) is 4.20. The van der Waals surface area contributed by atoms with Crippen LogP contribution in [-0.2, 0) is 11.2 Å². The van der Waals surface area contributed by atoms with Crippen LogP contribution < -0.4 is 0 Å². The highest BCUT2D eigenvalue weighted by molar-refractivity contribution is 5.96. The molecular formula is C20H26O2. The van der Waals surface area contributed by atoms with E-state index in [0.717, 1.165) is 44.1 Å². The van der Waals surface area contributed by atoms with Gasteiger partial charge in [0.15, 0.2) is 5.78 Å². The molecule has 2 aliphatic rings. The van der Waals surface area contributed by atoms with Crippen molar-refractivity contribution in [1.29, 1.82) is 0 Å². The van der Waals surface area contributed by atoms with Crippen molar-refractivity contribution in [3.05, 3.63) is 34.4 Å². The fourth-order valence-electron chi connectivity index (χ4n) is 4.54. The minimum Gasteiger partial charge on any atom is -0.300 e. The normalized spacial score (nSPS) is 27.5. The highest BCUT2D eigenvalue weighted by Gasteiger charge is 2.31. The van der Waals surface area contributed by atoms with Crippen molar-refractivity contribution in [2.24, 2.45) is 5.92 Å². The lowest BCUT2D eigenvalue weighted by molar-refractivity contribution is -0.121. The summed E-state index contributed by atoms with van der Waals surface area (Å²) in [6.45, 7) is 5.70. The first-order chi connectivity index (χ1) is 10.5. The molecule has 2 heteroatoms. The first-order valence-corrected chi connectivity index (χ1v) is 8.66. The third-order valence-corrected chi connectivity index (χ3v) is 5.83. The van der Waals surface area contributed by atoms with Crippen LogP contribution in [0.3, 0.4) is 0 Å². The Balaban J connectivity index is 1.91. The number of fused-ring (bicyclic) bond motifs is 1. The third kappa shape index (κ3) is 2.64. The zero-order chi connectivity index (χ0) is 15.9. The van der Waals surface area contributed by atoms with Crippen molar-refractivity contribution in [2.45, 2.75) is 71.1 Å². The van der Waals surface area contributed by atoms with Crippen molar-refractivity contribution in [3.63, 3.8) is 0 Å². The molecule has 0 heterocycles. The van der Waals surface area contributed by atoms with Gasteiger partial charge in [-0.2, -0.15) is 0 Å². The van der Waals surface area contributed by atoms with Gasteiger partial charge in [-0.25, -0.2) is 0 Å². The molecule has 1 atom stereocenters. The first kappa shape index (κ1) is 15.5. The number of rotatable bonds is 3. The molecule has 2 aliphatic carbocycles. The Morgan fingerprint density at radius 2 is 1.68 bits per heavy atom. The van der Waals surface area contributed by atoms with Crippen LogP contribution in [0.1, 0.15) is 91.8 Å². The smallest absolute Gasteiger partial charge is 0.160 e. The van der Waals surface area contributed by atoms with E-state index in [-0.39, 0.29) is 11.7 Å². The Hall–Kier alpha value is -1.44. The number of Topliss-reactive ketones (excluding diaryl/α,β-unsaturated/α-hetero) is 2. The number of benzene rings is 1. The molecule has 0 N–H and O–H groups in total. The van der Waals surface area contributed by atoms with E-state index in [4.69, 9.17) is 0 Å². The predicted molar refractivity (Wildman–Crippen MR) is 88.6 cm³/mol. The quantitative estimate of drug-likeness (QED) is 0.751. The van der Waals surface area contributed by atoms with Crippen LogP contribution in [-0.4, -0.2) is 11.6 Å². The summed E-state index contributed by atoms with van der Waals surface area (Å²) >= 11 is 0. The van der Waals surface area contributed by atoms with E-state index in [1.54, 1.807) is 13.8 Å². The number of carbonyl (C=O) groups excluding carboxylic acids is 2. The molecule has 1 aromatic rings. The molecule has 2 nitrogen and oxygen atoms in total. The van der Waals surface area contributed by atoms with Gasteiger partial charge in [0.1, 0.15) is 5.78 Å². The molecule has 0 spiro atoms. The minimum atomic E-state index is 0.192. The molecular weight excluding hydrogens is 272 g/mol. The summed E-state index contributed by atoms with van der Waals surface area (Å²) in [4.78, 5) is 23.4. The van der Waals surface area contributed by atoms with Gasteiger partial charge in [-0.3, -0.25) is 9.59 Å². The van der Waals surface area contributed by atoms with E-state index >= 15 is 0 Å². The van der Waals surface area contributed by atoms with Gasteiger partial charge in [0.25, 0.3) is 0 Å². The fraction of sp³-hybridized carbons (Fsp3) is 0.600. The number of ketones is 2. The lowest BCUT2D eigenvalue weighted by Gasteiger charge is -2.29. The van der Waals surface area contributed by atoms with E-state index in [9.17, 15) is 9.59 Å². The summed E-state index contributed by atoms with van der Waals surface area (Å²) in [5.41, 5.74) is 5.16. The third-order valence-electron chi connectivity index (χ3n) is 5.83. The van der Waals surface area contributed by atoms with Crippen LogP contribution in [0.15, 0.2) is 12.1 Å². The zero-order valence-electron chi connectivity index (χ0n) is 13.9. The van der Waals surface area contributed by atoms with Crippen molar-refractivity contribution in [1.82, 2.24) is 0 Å². The summed E-state index contributed by atoms with van der Waals surface area (Å²) in [6, 6.07) is 4.25. The van der Waals surface area contributed by atoms with Crippen molar-refractivity contribution in [2.75, 3.05) is 0 Å².